The SMILES string of the molecule is CCCCCCCCCCCCCCCCCCCCCCCCCC(=O)N[C@@H](CO[C@H]1OC(CO)[C@H](O)[C@H](O)C1O)[C@H](O)[C@H](O)CCCCCCCCCCC. The van der Waals surface area contributed by atoms with Gasteiger partial charge in [-0.05, 0) is 12.8 Å². The Hall–Kier alpha value is -0.850. The standard InChI is InChI=1S/C47H93NO9/c1-3-5-7-9-11-13-14-15-16-17-18-19-20-21-22-23-24-25-26-28-30-32-34-36-42(51)48-39(38-56-47-46(55)45(54)44(53)41(37-49)57-47)43(52)40(50)35-33-31-29-27-12-10-8-6-4-2/h39-41,43-47,49-50,52-55H,3-38H2,1-2H3,(H,48,51)/t39-,40+,41?,43-,44-,45-,46?,47-/m0/s1. The predicted octanol–water partition coefficient (Wildman–Crippen LogP) is 9.31. The molecule has 0 bridgehead atoms. The quantitative estimate of drug-likeness (QED) is 0.0298. The highest BCUT2D eigenvalue weighted by Gasteiger charge is 2.44. The molecule has 0 aromatic carbocycles. The van der Waals surface area contributed by atoms with E-state index in [4.69, 9.17) is 9.47 Å². The van der Waals surface area contributed by atoms with Gasteiger partial charge in [0.15, 0.2) is 6.29 Å². The van der Waals surface area contributed by atoms with E-state index in [1.165, 1.54) is 161 Å². The van der Waals surface area contributed by atoms with Crippen LogP contribution in [0.15, 0.2) is 0 Å². The molecule has 10 heteroatoms. The zero-order valence-corrected chi connectivity index (χ0v) is 37.0. The number of ether oxygens (including phenoxy) is 2. The van der Waals surface area contributed by atoms with Crippen LogP contribution in [0.25, 0.3) is 0 Å². The summed E-state index contributed by atoms with van der Waals surface area (Å²) in [5.74, 6) is -0.254. The molecular formula is C47H93NO9. The molecular weight excluding hydrogens is 723 g/mol. The summed E-state index contributed by atoms with van der Waals surface area (Å²) in [6.45, 7) is 3.60. The Bertz CT molecular complexity index is 880. The predicted molar refractivity (Wildman–Crippen MR) is 232 cm³/mol. The van der Waals surface area contributed by atoms with Gasteiger partial charge in [-0.1, -0.05) is 213 Å². The topological polar surface area (TPSA) is 169 Å². The van der Waals surface area contributed by atoms with Crippen LogP contribution in [-0.2, 0) is 14.3 Å². The fourth-order valence-electron chi connectivity index (χ4n) is 8.08. The fraction of sp³-hybridized carbons (Fsp3) is 0.979. The van der Waals surface area contributed by atoms with E-state index >= 15 is 0 Å². The lowest BCUT2D eigenvalue weighted by molar-refractivity contribution is -0.303. The number of carbonyl (C=O) groups excluding carboxylic acids is 1. The second-order valence-electron chi connectivity index (χ2n) is 17.4. The maximum atomic E-state index is 13.0. The number of rotatable bonds is 41. The summed E-state index contributed by atoms with van der Waals surface area (Å²) < 4.78 is 11.1. The van der Waals surface area contributed by atoms with Crippen LogP contribution in [0.4, 0.5) is 0 Å². The molecule has 1 rings (SSSR count). The molecule has 340 valence electrons. The molecule has 2 unspecified atom stereocenters. The largest absolute Gasteiger partial charge is 0.394 e. The first-order valence-corrected chi connectivity index (χ1v) is 24.3. The van der Waals surface area contributed by atoms with Gasteiger partial charge >= 0.3 is 0 Å². The van der Waals surface area contributed by atoms with Gasteiger partial charge in [0.25, 0.3) is 0 Å². The number of aliphatic hydroxyl groups excluding tert-OH is 6. The average Bonchev–Trinajstić information content (AvgIpc) is 3.21. The number of aliphatic hydroxyl groups is 6. The van der Waals surface area contributed by atoms with E-state index in [2.05, 4.69) is 19.2 Å². The first-order chi connectivity index (χ1) is 27.8. The van der Waals surface area contributed by atoms with Crippen LogP contribution in [0.5, 0.6) is 0 Å². The van der Waals surface area contributed by atoms with Crippen molar-refractivity contribution in [2.24, 2.45) is 0 Å². The number of carbonyl (C=O) groups is 1. The first kappa shape index (κ1) is 54.2. The zero-order chi connectivity index (χ0) is 41.8. The highest BCUT2D eigenvalue weighted by molar-refractivity contribution is 5.76. The van der Waals surface area contributed by atoms with Gasteiger partial charge in [-0.2, -0.15) is 0 Å². The second-order valence-corrected chi connectivity index (χ2v) is 17.4. The van der Waals surface area contributed by atoms with Crippen molar-refractivity contribution in [2.45, 2.75) is 281 Å². The van der Waals surface area contributed by atoms with Gasteiger partial charge in [0.2, 0.25) is 5.91 Å². The molecule has 0 spiro atoms. The van der Waals surface area contributed by atoms with Gasteiger partial charge in [0.1, 0.15) is 30.5 Å². The molecule has 0 aromatic heterocycles. The van der Waals surface area contributed by atoms with Crippen molar-refractivity contribution in [2.75, 3.05) is 13.2 Å². The normalized spacial score (nSPS) is 21.4. The monoisotopic (exact) mass is 816 g/mol. The van der Waals surface area contributed by atoms with Crippen molar-refractivity contribution >= 4 is 5.91 Å². The summed E-state index contributed by atoms with van der Waals surface area (Å²) in [5.41, 5.74) is 0. The minimum atomic E-state index is -1.60. The van der Waals surface area contributed by atoms with Crippen molar-refractivity contribution in [3.05, 3.63) is 0 Å². The second kappa shape index (κ2) is 38.1. The van der Waals surface area contributed by atoms with Crippen molar-refractivity contribution < 1.29 is 44.9 Å². The summed E-state index contributed by atoms with van der Waals surface area (Å²) in [7, 11) is 0. The van der Waals surface area contributed by atoms with Crippen LogP contribution in [-0.4, -0.2) is 98.7 Å². The molecule has 1 heterocycles. The molecule has 0 radical (unpaired) electrons. The lowest BCUT2D eigenvalue weighted by Gasteiger charge is -2.40. The summed E-state index contributed by atoms with van der Waals surface area (Å²) in [6, 6.07) is -0.983. The average molecular weight is 816 g/mol. The first-order valence-electron chi connectivity index (χ1n) is 24.3. The Kier molecular flexibility index (Phi) is 36.2. The zero-order valence-electron chi connectivity index (χ0n) is 37.0. The van der Waals surface area contributed by atoms with E-state index < -0.39 is 55.6 Å². The van der Waals surface area contributed by atoms with Gasteiger partial charge in [-0.3, -0.25) is 4.79 Å². The van der Waals surface area contributed by atoms with E-state index in [1.807, 2.05) is 0 Å². The Morgan fingerprint density at radius 3 is 1.30 bits per heavy atom. The Morgan fingerprint density at radius 1 is 0.544 bits per heavy atom. The highest BCUT2D eigenvalue weighted by Crippen LogP contribution is 2.23. The molecule has 0 saturated carbocycles. The van der Waals surface area contributed by atoms with Crippen molar-refractivity contribution in [3.8, 4) is 0 Å². The summed E-state index contributed by atoms with van der Waals surface area (Å²) in [4.78, 5) is 13.0. The minimum absolute atomic E-state index is 0.254. The minimum Gasteiger partial charge on any atom is -0.394 e. The van der Waals surface area contributed by atoms with Gasteiger partial charge < -0.3 is 45.4 Å². The number of hydrogen-bond acceptors (Lipinski definition) is 9. The maximum absolute atomic E-state index is 13.0. The van der Waals surface area contributed by atoms with E-state index in [-0.39, 0.29) is 18.9 Å². The molecule has 1 aliphatic heterocycles. The lowest BCUT2D eigenvalue weighted by atomic mass is 9.98. The maximum Gasteiger partial charge on any atom is 0.220 e. The molecule has 10 nitrogen and oxygen atoms in total. The number of nitrogens with one attached hydrogen (secondary N) is 1. The highest BCUT2D eigenvalue weighted by atomic mass is 16.7. The molecule has 57 heavy (non-hydrogen) atoms. The van der Waals surface area contributed by atoms with Gasteiger partial charge in [-0.25, -0.2) is 0 Å². The van der Waals surface area contributed by atoms with E-state index in [0.717, 1.165) is 44.9 Å². The number of amides is 1. The van der Waals surface area contributed by atoms with Crippen LogP contribution in [0.2, 0.25) is 0 Å². The van der Waals surface area contributed by atoms with Gasteiger partial charge in [0, 0.05) is 6.42 Å². The Balaban J connectivity index is 2.25. The molecule has 1 saturated heterocycles. The van der Waals surface area contributed by atoms with Crippen molar-refractivity contribution in [3.63, 3.8) is 0 Å². The van der Waals surface area contributed by atoms with Crippen LogP contribution >= 0.6 is 0 Å². The molecule has 8 atom stereocenters. The molecule has 0 aliphatic carbocycles. The van der Waals surface area contributed by atoms with Crippen LogP contribution in [0.1, 0.15) is 232 Å². The van der Waals surface area contributed by atoms with Crippen LogP contribution in [0.3, 0.4) is 0 Å². The lowest BCUT2D eigenvalue weighted by Crippen LogP contribution is -2.60. The number of hydrogen-bond donors (Lipinski definition) is 7. The van der Waals surface area contributed by atoms with Crippen molar-refractivity contribution in [1.82, 2.24) is 5.32 Å². The smallest absolute Gasteiger partial charge is 0.220 e. The molecule has 1 amide bonds. The summed E-state index contributed by atoms with van der Waals surface area (Å²) in [6.07, 6.45) is 31.3. The third kappa shape index (κ3) is 28.3. The molecule has 1 fully saturated rings. The van der Waals surface area contributed by atoms with Crippen LogP contribution < -0.4 is 5.32 Å². The van der Waals surface area contributed by atoms with E-state index in [1.54, 1.807) is 0 Å². The van der Waals surface area contributed by atoms with E-state index in [9.17, 15) is 35.4 Å². The van der Waals surface area contributed by atoms with Crippen LogP contribution in [0, 0.1) is 0 Å². The Morgan fingerprint density at radius 2 is 0.912 bits per heavy atom. The Labute approximate surface area is 349 Å². The fourth-order valence-corrected chi connectivity index (χ4v) is 8.08. The van der Waals surface area contributed by atoms with Crippen molar-refractivity contribution in [1.29, 1.82) is 0 Å². The van der Waals surface area contributed by atoms with E-state index in [0.29, 0.717) is 6.42 Å². The number of unbranched alkanes of at least 4 members (excludes halogenated alkanes) is 30. The van der Waals surface area contributed by atoms with Gasteiger partial charge in [-0.15, -0.1) is 0 Å². The summed E-state index contributed by atoms with van der Waals surface area (Å²) >= 11 is 0. The molecule has 7 N–H and O–H groups in total. The summed E-state index contributed by atoms with van der Waals surface area (Å²) in [5, 5.41) is 65.0. The molecule has 1 aliphatic rings. The third-order valence-electron chi connectivity index (χ3n) is 12.1. The van der Waals surface area contributed by atoms with Gasteiger partial charge in [0.05, 0.1) is 25.4 Å². The molecule has 0 aromatic rings. The third-order valence-corrected chi connectivity index (χ3v) is 12.1.